The second-order valence-electron chi connectivity index (χ2n) is 9.01. The summed E-state index contributed by atoms with van der Waals surface area (Å²) in [4.78, 5) is 25.6. The van der Waals surface area contributed by atoms with Crippen LogP contribution in [0.4, 0.5) is 0 Å². The fourth-order valence-electron chi connectivity index (χ4n) is 3.88. The molecule has 0 aromatic heterocycles. The molecule has 1 fully saturated rings. The average Bonchev–Trinajstić information content (AvgIpc) is 2.89. The molecule has 3 rings (SSSR count). The molecule has 0 aliphatic carbocycles. The number of hydrogen-bond donors (Lipinski definition) is 6. The minimum absolute atomic E-state index is 0.0136. The van der Waals surface area contributed by atoms with Gasteiger partial charge in [-0.05, 0) is 47.9 Å². The number of phenolic OH excluding ortho intramolecular Hbond substituents is 3. The van der Waals surface area contributed by atoms with E-state index in [2.05, 4.69) is 0 Å². The van der Waals surface area contributed by atoms with Gasteiger partial charge in [0, 0.05) is 0 Å². The largest absolute Gasteiger partial charge is 0.508 e. The average molecular weight is 549 g/mol. The van der Waals surface area contributed by atoms with Gasteiger partial charge in [0.05, 0.1) is 32.7 Å². The summed E-state index contributed by atoms with van der Waals surface area (Å²) < 4.78 is 22.5. The lowest BCUT2D eigenvalue weighted by atomic mass is 9.98. The van der Waals surface area contributed by atoms with E-state index in [0.29, 0.717) is 16.7 Å². The number of rotatable bonds is 11. The molecular weight excluding hydrogens is 516 g/mol. The molecule has 12 nitrogen and oxygen atoms in total. The second-order valence-corrected chi connectivity index (χ2v) is 9.01. The van der Waals surface area contributed by atoms with Crippen LogP contribution in [0.1, 0.15) is 18.1 Å². The number of aliphatic hydroxyl groups is 3. The summed E-state index contributed by atoms with van der Waals surface area (Å²) in [6.45, 7) is 0.699. The van der Waals surface area contributed by atoms with Crippen molar-refractivity contribution in [3.05, 3.63) is 65.2 Å². The molecular formula is C27H32O12. The van der Waals surface area contributed by atoms with Gasteiger partial charge in [0.15, 0.2) is 30.0 Å². The minimum atomic E-state index is -1.60. The Balaban J connectivity index is 1.83. The smallest absolute Gasteiger partial charge is 0.310 e. The highest BCUT2D eigenvalue weighted by molar-refractivity contribution is 5.74. The van der Waals surface area contributed by atoms with Crippen molar-refractivity contribution in [1.82, 2.24) is 0 Å². The van der Waals surface area contributed by atoms with Crippen molar-refractivity contribution in [2.45, 2.75) is 50.5 Å². The maximum atomic E-state index is 12.8. The topological polar surface area (TPSA) is 192 Å². The van der Waals surface area contributed by atoms with Crippen molar-refractivity contribution >= 4 is 11.9 Å². The molecule has 1 aliphatic heterocycles. The van der Waals surface area contributed by atoms with Gasteiger partial charge in [0.1, 0.15) is 18.0 Å². The molecule has 5 atom stereocenters. The molecule has 0 saturated carbocycles. The predicted molar refractivity (Wildman–Crippen MR) is 134 cm³/mol. The fourth-order valence-corrected chi connectivity index (χ4v) is 3.88. The molecule has 6 N–H and O–H groups in total. The monoisotopic (exact) mass is 548 g/mol. The zero-order valence-corrected chi connectivity index (χ0v) is 21.2. The molecule has 212 valence electrons. The number of esters is 2. The third-order valence-electron chi connectivity index (χ3n) is 5.92. The van der Waals surface area contributed by atoms with Crippen molar-refractivity contribution in [3.8, 4) is 17.2 Å². The number of aliphatic hydroxyl groups excluding tert-OH is 3. The highest BCUT2D eigenvalue weighted by Gasteiger charge is 2.50. The van der Waals surface area contributed by atoms with Crippen LogP contribution in [0.5, 0.6) is 17.2 Å². The van der Waals surface area contributed by atoms with E-state index < -0.39 is 55.0 Å². The van der Waals surface area contributed by atoms with Crippen LogP contribution in [-0.2, 0) is 41.4 Å². The molecule has 0 unspecified atom stereocenters. The first-order valence-electron chi connectivity index (χ1n) is 12.1. The first kappa shape index (κ1) is 29.9. The van der Waals surface area contributed by atoms with E-state index >= 15 is 0 Å². The Labute approximate surface area is 224 Å². The quantitative estimate of drug-likeness (QED) is 0.129. The zero-order chi connectivity index (χ0) is 28.5. The number of benzene rings is 2. The molecule has 1 heterocycles. The van der Waals surface area contributed by atoms with Gasteiger partial charge in [-0.25, -0.2) is 0 Å². The Morgan fingerprint density at radius 2 is 1.51 bits per heavy atom. The Hall–Kier alpha value is -3.68. The summed E-state index contributed by atoms with van der Waals surface area (Å²) in [6.07, 6.45) is -6.28. The van der Waals surface area contributed by atoms with Crippen molar-refractivity contribution in [2.75, 3.05) is 19.8 Å². The van der Waals surface area contributed by atoms with E-state index in [0.717, 1.165) is 0 Å². The summed E-state index contributed by atoms with van der Waals surface area (Å²) in [6, 6.07) is 9.60. The molecule has 1 saturated heterocycles. The maximum absolute atomic E-state index is 12.8. The Bertz CT molecular complexity index is 1150. The summed E-state index contributed by atoms with van der Waals surface area (Å²) in [5.74, 6) is -2.43. The van der Waals surface area contributed by atoms with Crippen molar-refractivity contribution in [1.29, 1.82) is 0 Å². The molecule has 0 spiro atoms. The number of hydrogen-bond acceptors (Lipinski definition) is 12. The summed E-state index contributed by atoms with van der Waals surface area (Å²) in [5, 5.41) is 58.4. The first-order valence-corrected chi connectivity index (χ1v) is 12.1. The Kier molecular flexibility index (Phi) is 10.7. The Morgan fingerprint density at radius 1 is 0.897 bits per heavy atom. The number of carbonyl (C=O) groups is 2. The van der Waals surface area contributed by atoms with Gasteiger partial charge in [-0.15, -0.1) is 0 Å². The third kappa shape index (κ3) is 8.40. The molecule has 2 aromatic rings. The SMILES string of the molecule is C/C(=C\CO)CO[C@@H]1O[C@H](CO)[C@@H](O)[C@H](OC(=O)Cc2ccc(O)c(O)c2)[C@H]1OC(=O)Cc1ccc(O)cc1. The summed E-state index contributed by atoms with van der Waals surface area (Å²) >= 11 is 0. The van der Waals surface area contributed by atoms with Gasteiger partial charge in [-0.3, -0.25) is 9.59 Å². The number of aromatic hydroxyl groups is 3. The van der Waals surface area contributed by atoms with Crippen LogP contribution in [0.25, 0.3) is 0 Å². The molecule has 1 aliphatic rings. The van der Waals surface area contributed by atoms with Gasteiger partial charge < -0.3 is 49.6 Å². The van der Waals surface area contributed by atoms with Gasteiger partial charge >= 0.3 is 11.9 Å². The van der Waals surface area contributed by atoms with Crippen LogP contribution in [0, 0.1) is 0 Å². The summed E-state index contributed by atoms with van der Waals surface area (Å²) in [5.41, 5.74) is 1.43. The zero-order valence-electron chi connectivity index (χ0n) is 21.2. The lowest BCUT2D eigenvalue weighted by Crippen LogP contribution is -2.62. The molecule has 0 bridgehead atoms. The fraction of sp³-hybridized carbons (Fsp3) is 0.407. The molecule has 12 heteroatoms. The van der Waals surface area contributed by atoms with Crippen molar-refractivity contribution in [3.63, 3.8) is 0 Å². The highest BCUT2D eigenvalue weighted by atomic mass is 16.7. The van der Waals surface area contributed by atoms with Crippen LogP contribution in [-0.4, -0.2) is 93.1 Å². The number of carbonyl (C=O) groups excluding carboxylic acids is 2. The van der Waals surface area contributed by atoms with Crippen LogP contribution in [0.2, 0.25) is 0 Å². The summed E-state index contributed by atoms with van der Waals surface area (Å²) in [7, 11) is 0. The molecule has 0 radical (unpaired) electrons. The van der Waals surface area contributed by atoms with E-state index in [4.69, 9.17) is 24.1 Å². The molecule has 0 amide bonds. The van der Waals surface area contributed by atoms with E-state index in [1.54, 1.807) is 6.92 Å². The van der Waals surface area contributed by atoms with E-state index in [1.165, 1.54) is 48.5 Å². The van der Waals surface area contributed by atoms with Crippen molar-refractivity contribution in [2.24, 2.45) is 0 Å². The molecule has 39 heavy (non-hydrogen) atoms. The van der Waals surface area contributed by atoms with Gasteiger partial charge in [-0.1, -0.05) is 24.3 Å². The van der Waals surface area contributed by atoms with E-state index in [1.807, 2.05) is 0 Å². The standard InChI is InChI=1S/C27H32O12/c1-15(8-9-28)14-36-27-26(39-22(33)11-16-2-5-18(30)6-3-16)25(24(35)21(13-29)37-27)38-23(34)12-17-4-7-19(31)20(32)10-17/h2-8,10,21,24-32,35H,9,11-14H2,1H3/b15-8+/t21-,24-,25+,26-,27-/m1/s1. The third-order valence-corrected chi connectivity index (χ3v) is 5.92. The van der Waals surface area contributed by atoms with Gasteiger partial charge in [-0.2, -0.15) is 0 Å². The highest BCUT2D eigenvalue weighted by Crippen LogP contribution is 2.29. The van der Waals surface area contributed by atoms with E-state index in [-0.39, 0.29) is 37.6 Å². The lowest BCUT2D eigenvalue weighted by molar-refractivity contribution is -0.304. The lowest BCUT2D eigenvalue weighted by Gasteiger charge is -2.42. The van der Waals surface area contributed by atoms with Crippen LogP contribution in [0.15, 0.2) is 54.1 Å². The van der Waals surface area contributed by atoms with Crippen LogP contribution < -0.4 is 0 Å². The van der Waals surface area contributed by atoms with Gasteiger partial charge in [0.25, 0.3) is 0 Å². The van der Waals surface area contributed by atoms with Gasteiger partial charge in [0.2, 0.25) is 0 Å². The van der Waals surface area contributed by atoms with E-state index in [9.17, 15) is 35.1 Å². The van der Waals surface area contributed by atoms with Crippen LogP contribution in [0.3, 0.4) is 0 Å². The predicted octanol–water partition coefficient (Wildman–Crippen LogP) is 0.445. The maximum Gasteiger partial charge on any atom is 0.310 e. The number of ether oxygens (including phenoxy) is 4. The Morgan fingerprint density at radius 3 is 2.13 bits per heavy atom. The first-order chi connectivity index (χ1) is 18.6. The van der Waals surface area contributed by atoms with Crippen LogP contribution >= 0.6 is 0 Å². The number of phenols is 3. The second kappa shape index (κ2) is 13.9. The van der Waals surface area contributed by atoms with Crippen molar-refractivity contribution < 1.29 is 59.2 Å². The molecule has 2 aromatic carbocycles. The normalized spacial score (nSPS) is 23.3. The minimum Gasteiger partial charge on any atom is -0.508 e.